The first-order valence-electron chi connectivity index (χ1n) is 5.98. The Bertz CT molecular complexity index is 524. The third kappa shape index (κ3) is 2.82. The predicted molar refractivity (Wildman–Crippen MR) is 71.1 cm³/mol. The maximum atomic E-state index is 11.2. The van der Waals surface area contributed by atoms with Crippen LogP contribution in [0.2, 0.25) is 0 Å². The van der Waals surface area contributed by atoms with Gasteiger partial charge < -0.3 is 16.4 Å². The van der Waals surface area contributed by atoms with Crippen molar-refractivity contribution in [3.63, 3.8) is 0 Å². The smallest absolute Gasteiger partial charge is 0.292 e. The zero-order chi connectivity index (χ0) is 14.0. The van der Waals surface area contributed by atoms with Crippen molar-refractivity contribution >= 4 is 17.3 Å². The minimum atomic E-state index is -0.604. The van der Waals surface area contributed by atoms with E-state index in [9.17, 15) is 14.9 Å². The van der Waals surface area contributed by atoms with Gasteiger partial charge in [0.25, 0.3) is 5.69 Å². The third-order valence-electron chi connectivity index (χ3n) is 3.28. The molecular weight excluding hydrogens is 248 g/mol. The van der Waals surface area contributed by atoms with Crippen molar-refractivity contribution in [1.29, 1.82) is 0 Å². The second kappa shape index (κ2) is 4.85. The Morgan fingerprint density at radius 2 is 2.32 bits per heavy atom. The average molecular weight is 264 g/mol. The van der Waals surface area contributed by atoms with E-state index in [1.165, 1.54) is 18.2 Å². The molecule has 1 aliphatic rings. The normalized spacial score (nSPS) is 22.2. The molecule has 2 rings (SSSR count). The lowest BCUT2D eigenvalue weighted by atomic mass is 10.0. The Balaban J connectivity index is 2.37. The summed E-state index contributed by atoms with van der Waals surface area (Å²) in [5.74, 6) is -0.604. The number of anilines is 1. The summed E-state index contributed by atoms with van der Waals surface area (Å²) in [4.78, 5) is 21.7. The number of nitrogens with zero attached hydrogens (tertiary/aromatic N) is 1. The molecule has 0 radical (unpaired) electrons. The monoisotopic (exact) mass is 264 g/mol. The van der Waals surface area contributed by atoms with Crippen LogP contribution in [0.15, 0.2) is 18.2 Å². The molecular formula is C12H16N4O3. The molecule has 1 heterocycles. The van der Waals surface area contributed by atoms with E-state index in [0.29, 0.717) is 12.2 Å². The molecule has 1 aromatic carbocycles. The maximum absolute atomic E-state index is 11.2. The van der Waals surface area contributed by atoms with Crippen LogP contribution in [0.5, 0.6) is 0 Å². The second-order valence-electron chi connectivity index (χ2n) is 4.97. The molecule has 0 aliphatic carbocycles. The fourth-order valence-electron chi connectivity index (χ4n) is 2.20. The number of nitrogens with two attached hydrogens (primary N) is 1. The zero-order valence-corrected chi connectivity index (χ0v) is 10.6. The number of hydrogen-bond acceptors (Lipinski definition) is 5. The van der Waals surface area contributed by atoms with Gasteiger partial charge in [-0.05, 0) is 32.0 Å². The van der Waals surface area contributed by atoms with Crippen molar-refractivity contribution in [2.24, 2.45) is 5.73 Å². The van der Waals surface area contributed by atoms with Gasteiger partial charge in [0.2, 0.25) is 5.91 Å². The maximum Gasteiger partial charge on any atom is 0.292 e. The Morgan fingerprint density at radius 1 is 1.58 bits per heavy atom. The molecule has 1 atom stereocenters. The van der Waals surface area contributed by atoms with Gasteiger partial charge >= 0.3 is 0 Å². The summed E-state index contributed by atoms with van der Waals surface area (Å²) in [6, 6.07) is 4.10. The predicted octanol–water partition coefficient (Wildman–Crippen LogP) is 0.858. The van der Waals surface area contributed by atoms with Crippen LogP contribution in [0.4, 0.5) is 11.4 Å². The van der Waals surface area contributed by atoms with E-state index >= 15 is 0 Å². The highest BCUT2D eigenvalue weighted by Crippen LogP contribution is 2.30. The van der Waals surface area contributed by atoms with Crippen LogP contribution in [-0.2, 0) is 0 Å². The van der Waals surface area contributed by atoms with Gasteiger partial charge in [0.15, 0.2) is 0 Å². The van der Waals surface area contributed by atoms with Gasteiger partial charge in [-0.15, -0.1) is 0 Å². The Hall–Kier alpha value is -2.15. The number of nitro groups is 1. The highest BCUT2D eigenvalue weighted by Gasteiger charge is 2.30. The summed E-state index contributed by atoms with van der Waals surface area (Å²) in [6.07, 6.45) is 0.852. The van der Waals surface area contributed by atoms with Crippen molar-refractivity contribution in [1.82, 2.24) is 5.32 Å². The first-order chi connectivity index (χ1) is 8.91. The molecule has 7 heteroatoms. The summed E-state index contributed by atoms with van der Waals surface area (Å²) in [5, 5.41) is 17.4. The summed E-state index contributed by atoms with van der Waals surface area (Å²) in [7, 11) is 0. The molecule has 0 bridgehead atoms. The molecule has 1 aliphatic heterocycles. The number of primary amides is 1. The van der Waals surface area contributed by atoms with Gasteiger partial charge in [-0.2, -0.15) is 0 Å². The molecule has 0 spiro atoms. The fourth-order valence-corrected chi connectivity index (χ4v) is 2.20. The highest BCUT2D eigenvalue weighted by molar-refractivity contribution is 5.94. The summed E-state index contributed by atoms with van der Waals surface area (Å²) in [5.41, 5.74) is 5.46. The van der Waals surface area contributed by atoms with Crippen LogP contribution >= 0.6 is 0 Å². The number of benzene rings is 1. The van der Waals surface area contributed by atoms with Crippen LogP contribution in [0, 0.1) is 10.1 Å². The SMILES string of the molecule is CC1(Nc2cc(C(N)=O)ccc2[N+](=O)[O-])CCNC1. The van der Waals surface area contributed by atoms with E-state index in [1.54, 1.807) is 0 Å². The van der Waals surface area contributed by atoms with E-state index in [-0.39, 0.29) is 16.8 Å². The number of amides is 1. The van der Waals surface area contributed by atoms with Gasteiger partial charge in [0.1, 0.15) is 5.69 Å². The number of hydrogen-bond donors (Lipinski definition) is 3. The zero-order valence-electron chi connectivity index (χ0n) is 10.6. The third-order valence-corrected chi connectivity index (χ3v) is 3.28. The molecule has 19 heavy (non-hydrogen) atoms. The van der Waals surface area contributed by atoms with E-state index in [1.807, 2.05) is 6.92 Å². The van der Waals surface area contributed by atoms with E-state index in [2.05, 4.69) is 10.6 Å². The standard InChI is InChI=1S/C12H16N4O3/c1-12(4-5-14-7-12)15-9-6-8(11(13)17)2-3-10(9)16(18)19/h2-3,6,14-15H,4-5,7H2,1H3,(H2,13,17). The van der Waals surface area contributed by atoms with Crippen LogP contribution in [-0.4, -0.2) is 29.5 Å². The molecule has 4 N–H and O–H groups in total. The molecule has 1 unspecified atom stereocenters. The van der Waals surface area contributed by atoms with Gasteiger partial charge in [-0.3, -0.25) is 14.9 Å². The van der Waals surface area contributed by atoms with Crippen molar-refractivity contribution < 1.29 is 9.72 Å². The van der Waals surface area contributed by atoms with Crippen molar-refractivity contribution in [2.45, 2.75) is 18.9 Å². The first-order valence-corrected chi connectivity index (χ1v) is 5.98. The molecule has 1 fully saturated rings. The van der Waals surface area contributed by atoms with Crippen LogP contribution in [0.25, 0.3) is 0 Å². The van der Waals surface area contributed by atoms with Gasteiger partial charge in [-0.1, -0.05) is 0 Å². The van der Waals surface area contributed by atoms with E-state index in [0.717, 1.165) is 13.0 Å². The lowest BCUT2D eigenvalue weighted by molar-refractivity contribution is -0.384. The number of carbonyl (C=O) groups is 1. The molecule has 0 aromatic heterocycles. The van der Waals surface area contributed by atoms with Gasteiger partial charge in [0, 0.05) is 23.7 Å². The highest BCUT2D eigenvalue weighted by atomic mass is 16.6. The Labute approximate surface area is 110 Å². The molecule has 7 nitrogen and oxygen atoms in total. The second-order valence-corrected chi connectivity index (χ2v) is 4.97. The summed E-state index contributed by atoms with van der Waals surface area (Å²) < 4.78 is 0. The summed E-state index contributed by atoms with van der Waals surface area (Å²) in [6.45, 7) is 3.55. The van der Waals surface area contributed by atoms with Crippen molar-refractivity contribution in [3.05, 3.63) is 33.9 Å². The molecule has 0 saturated carbocycles. The van der Waals surface area contributed by atoms with Crippen molar-refractivity contribution in [2.75, 3.05) is 18.4 Å². The number of nitrogens with one attached hydrogen (secondary N) is 2. The lowest BCUT2D eigenvalue weighted by Crippen LogP contribution is -2.37. The van der Waals surface area contributed by atoms with Crippen LogP contribution in [0.1, 0.15) is 23.7 Å². The first kappa shape index (κ1) is 13.3. The lowest BCUT2D eigenvalue weighted by Gasteiger charge is -2.25. The number of rotatable bonds is 4. The van der Waals surface area contributed by atoms with Crippen molar-refractivity contribution in [3.8, 4) is 0 Å². The average Bonchev–Trinajstić information content (AvgIpc) is 2.75. The minimum absolute atomic E-state index is 0.0573. The van der Waals surface area contributed by atoms with Crippen LogP contribution in [0.3, 0.4) is 0 Å². The number of nitro benzene ring substituents is 1. The minimum Gasteiger partial charge on any atom is -0.373 e. The van der Waals surface area contributed by atoms with Gasteiger partial charge in [0.05, 0.1) is 4.92 Å². The Morgan fingerprint density at radius 3 is 2.84 bits per heavy atom. The van der Waals surface area contributed by atoms with E-state index < -0.39 is 10.8 Å². The topological polar surface area (TPSA) is 110 Å². The fraction of sp³-hybridized carbons (Fsp3) is 0.417. The largest absolute Gasteiger partial charge is 0.373 e. The quantitative estimate of drug-likeness (QED) is 0.551. The summed E-state index contributed by atoms with van der Waals surface area (Å²) >= 11 is 0. The molecule has 102 valence electrons. The molecule has 1 saturated heterocycles. The number of carbonyl (C=O) groups excluding carboxylic acids is 1. The molecule has 1 aromatic rings. The van der Waals surface area contributed by atoms with Crippen LogP contribution < -0.4 is 16.4 Å². The molecule has 1 amide bonds. The van der Waals surface area contributed by atoms with E-state index in [4.69, 9.17) is 5.73 Å². The van der Waals surface area contributed by atoms with Gasteiger partial charge in [-0.25, -0.2) is 0 Å². The Kier molecular flexibility index (Phi) is 3.39.